The summed E-state index contributed by atoms with van der Waals surface area (Å²) >= 11 is 0. The summed E-state index contributed by atoms with van der Waals surface area (Å²) in [4.78, 5) is -0.183. The van der Waals surface area contributed by atoms with Crippen LogP contribution in [-0.2, 0) is 18.1 Å². The Morgan fingerprint density at radius 2 is 1.00 bits per heavy atom. The summed E-state index contributed by atoms with van der Waals surface area (Å²) in [6.07, 6.45) is 0. The molecule has 0 aliphatic rings. The molecule has 0 atom stereocenters. The standard InChI is InChI=1S/C16H12Cl2O6S2/c1-23-15-11-5-3-10(26(18,21)22)8-14(11)16(24-2)12-6-4-9(7-13(12)15)25(17,19)20/h3-8H,1-2H3. The second kappa shape index (κ2) is 6.45. The Morgan fingerprint density at radius 1 is 0.654 bits per heavy atom. The second-order valence-corrected chi connectivity index (χ2v) is 10.5. The molecular formula is C16H12Cl2O6S2. The van der Waals surface area contributed by atoms with E-state index in [2.05, 4.69) is 0 Å². The lowest BCUT2D eigenvalue weighted by Gasteiger charge is -2.16. The van der Waals surface area contributed by atoms with Crippen LogP contribution in [0, 0.1) is 0 Å². The van der Waals surface area contributed by atoms with Gasteiger partial charge in [-0.25, -0.2) is 16.8 Å². The lowest BCUT2D eigenvalue weighted by Crippen LogP contribution is -1.97. The van der Waals surface area contributed by atoms with Crippen LogP contribution in [0.25, 0.3) is 21.5 Å². The van der Waals surface area contributed by atoms with Crippen molar-refractivity contribution in [2.75, 3.05) is 14.2 Å². The van der Waals surface area contributed by atoms with Gasteiger partial charge in [0, 0.05) is 42.9 Å². The Bertz CT molecular complexity index is 1150. The average molecular weight is 435 g/mol. The minimum absolute atomic E-state index is 0.0914. The Balaban J connectivity index is 2.55. The molecule has 0 aliphatic heterocycles. The fraction of sp³-hybridized carbons (Fsp3) is 0.125. The van der Waals surface area contributed by atoms with Gasteiger partial charge in [0.15, 0.2) is 0 Å². The van der Waals surface area contributed by atoms with E-state index in [1.807, 2.05) is 0 Å². The van der Waals surface area contributed by atoms with Crippen molar-refractivity contribution in [3.05, 3.63) is 36.4 Å². The van der Waals surface area contributed by atoms with Crippen LogP contribution >= 0.6 is 21.4 Å². The minimum atomic E-state index is -3.94. The topological polar surface area (TPSA) is 86.7 Å². The van der Waals surface area contributed by atoms with Gasteiger partial charge in [-0.05, 0) is 36.4 Å². The highest BCUT2D eigenvalue weighted by atomic mass is 35.7. The molecule has 0 saturated carbocycles. The summed E-state index contributed by atoms with van der Waals surface area (Å²) < 4.78 is 57.6. The number of ether oxygens (including phenoxy) is 2. The smallest absolute Gasteiger partial charge is 0.261 e. The zero-order valence-corrected chi connectivity index (χ0v) is 16.6. The fourth-order valence-corrected chi connectivity index (χ4v) is 4.41. The number of fused-ring (bicyclic) bond motifs is 2. The first-order valence-corrected chi connectivity index (χ1v) is 11.7. The molecule has 6 nitrogen and oxygen atoms in total. The Kier molecular flexibility index (Phi) is 4.72. The van der Waals surface area contributed by atoms with E-state index in [4.69, 9.17) is 30.8 Å². The van der Waals surface area contributed by atoms with E-state index in [0.29, 0.717) is 33.0 Å². The molecule has 0 saturated heterocycles. The highest BCUT2D eigenvalue weighted by molar-refractivity contribution is 8.14. The molecule has 0 aliphatic carbocycles. The van der Waals surface area contributed by atoms with Crippen LogP contribution in [-0.4, -0.2) is 31.1 Å². The molecule has 0 radical (unpaired) electrons. The van der Waals surface area contributed by atoms with Crippen molar-refractivity contribution in [2.24, 2.45) is 0 Å². The molecule has 0 amide bonds. The molecule has 138 valence electrons. The van der Waals surface area contributed by atoms with Gasteiger partial charge in [0.05, 0.1) is 24.0 Å². The molecule has 0 unspecified atom stereocenters. The van der Waals surface area contributed by atoms with E-state index >= 15 is 0 Å². The summed E-state index contributed by atoms with van der Waals surface area (Å²) in [5, 5.41) is 1.98. The van der Waals surface area contributed by atoms with E-state index in [-0.39, 0.29) is 9.79 Å². The maximum Gasteiger partial charge on any atom is 0.261 e. The molecule has 0 aromatic heterocycles. The first-order chi connectivity index (χ1) is 12.1. The van der Waals surface area contributed by atoms with Gasteiger partial charge in [-0.3, -0.25) is 0 Å². The third-order valence-corrected chi connectivity index (χ3v) is 6.63. The number of benzene rings is 3. The molecule has 10 heteroatoms. The number of hydrogen-bond donors (Lipinski definition) is 0. The summed E-state index contributed by atoms with van der Waals surface area (Å²) in [5.74, 6) is 0.716. The fourth-order valence-electron chi connectivity index (χ4n) is 2.85. The van der Waals surface area contributed by atoms with Gasteiger partial charge >= 0.3 is 0 Å². The van der Waals surface area contributed by atoms with E-state index in [1.165, 1.54) is 50.6 Å². The predicted octanol–water partition coefficient (Wildman–Crippen LogP) is 3.87. The van der Waals surface area contributed by atoms with Gasteiger partial charge in [-0.15, -0.1) is 0 Å². The van der Waals surface area contributed by atoms with Crippen LogP contribution < -0.4 is 9.47 Å². The third-order valence-electron chi connectivity index (χ3n) is 3.93. The minimum Gasteiger partial charge on any atom is -0.495 e. The van der Waals surface area contributed by atoms with Crippen LogP contribution in [0.5, 0.6) is 11.5 Å². The average Bonchev–Trinajstić information content (AvgIpc) is 2.56. The Morgan fingerprint density at radius 3 is 1.27 bits per heavy atom. The highest BCUT2D eigenvalue weighted by Crippen LogP contribution is 2.44. The summed E-state index contributed by atoms with van der Waals surface area (Å²) in [6, 6.07) is 8.47. The first-order valence-electron chi connectivity index (χ1n) is 7.08. The predicted molar refractivity (Wildman–Crippen MR) is 101 cm³/mol. The van der Waals surface area contributed by atoms with E-state index in [0.717, 1.165) is 0 Å². The third kappa shape index (κ3) is 3.18. The molecule has 0 N–H and O–H groups in total. The molecule has 3 aromatic carbocycles. The number of halogens is 2. The highest BCUT2D eigenvalue weighted by Gasteiger charge is 2.20. The molecule has 0 heterocycles. The lowest BCUT2D eigenvalue weighted by molar-refractivity contribution is 0.417. The maximum absolute atomic E-state index is 11.7. The van der Waals surface area contributed by atoms with Gasteiger partial charge in [-0.2, -0.15) is 0 Å². The van der Waals surface area contributed by atoms with Crippen LogP contribution in [0.15, 0.2) is 46.2 Å². The second-order valence-electron chi connectivity index (χ2n) is 5.36. The molecular weight excluding hydrogens is 423 g/mol. The van der Waals surface area contributed by atoms with E-state index in [9.17, 15) is 16.8 Å². The van der Waals surface area contributed by atoms with Crippen molar-refractivity contribution in [3.63, 3.8) is 0 Å². The van der Waals surface area contributed by atoms with E-state index < -0.39 is 18.1 Å². The quantitative estimate of drug-likeness (QED) is 0.457. The summed E-state index contributed by atoms with van der Waals surface area (Å²) in [5.41, 5.74) is 0. The van der Waals surface area contributed by atoms with Crippen LogP contribution in [0.2, 0.25) is 0 Å². The van der Waals surface area contributed by atoms with Crippen molar-refractivity contribution < 1.29 is 26.3 Å². The van der Waals surface area contributed by atoms with Gasteiger partial charge in [0.1, 0.15) is 11.5 Å². The lowest BCUT2D eigenvalue weighted by atomic mass is 10.0. The Hall–Kier alpha value is -1.74. The van der Waals surface area contributed by atoms with Gasteiger partial charge in [-0.1, -0.05) is 0 Å². The van der Waals surface area contributed by atoms with Crippen LogP contribution in [0.1, 0.15) is 0 Å². The zero-order chi connectivity index (χ0) is 19.3. The summed E-state index contributed by atoms with van der Waals surface area (Å²) in [7, 11) is 5.84. The van der Waals surface area contributed by atoms with E-state index in [1.54, 1.807) is 0 Å². The normalized spacial score (nSPS) is 12.5. The Labute approximate surface area is 159 Å². The van der Waals surface area contributed by atoms with Crippen molar-refractivity contribution in [2.45, 2.75) is 9.79 Å². The van der Waals surface area contributed by atoms with Crippen molar-refractivity contribution >= 4 is 61.0 Å². The molecule has 0 bridgehead atoms. The molecule has 26 heavy (non-hydrogen) atoms. The maximum atomic E-state index is 11.7. The molecule has 3 rings (SSSR count). The van der Waals surface area contributed by atoms with Crippen LogP contribution in [0.4, 0.5) is 0 Å². The van der Waals surface area contributed by atoms with Gasteiger partial charge in [0.2, 0.25) is 0 Å². The van der Waals surface area contributed by atoms with Gasteiger partial charge < -0.3 is 9.47 Å². The first kappa shape index (κ1) is 19.0. The zero-order valence-electron chi connectivity index (χ0n) is 13.5. The monoisotopic (exact) mass is 434 g/mol. The molecule has 0 spiro atoms. The summed E-state index contributed by atoms with van der Waals surface area (Å²) in [6.45, 7) is 0. The largest absolute Gasteiger partial charge is 0.495 e. The van der Waals surface area contributed by atoms with Gasteiger partial charge in [0.25, 0.3) is 18.1 Å². The van der Waals surface area contributed by atoms with Crippen molar-refractivity contribution in [3.8, 4) is 11.5 Å². The number of methoxy groups -OCH3 is 2. The molecule has 0 fully saturated rings. The molecule has 3 aromatic rings. The number of hydrogen-bond acceptors (Lipinski definition) is 6. The van der Waals surface area contributed by atoms with Crippen LogP contribution in [0.3, 0.4) is 0 Å². The number of rotatable bonds is 4. The van der Waals surface area contributed by atoms with Crippen molar-refractivity contribution in [1.29, 1.82) is 0 Å². The SMILES string of the molecule is COc1c2ccc(S(=O)(=O)Cl)cc2c(OC)c2ccc(S(=O)(=O)Cl)cc12. The van der Waals surface area contributed by atoms with Crippen molar-refractivity contribution in [1.82, 2.24) is 0 Å².